The highest BCUT2D eigenvalue weighted by atomic mass is 31.2. The van der Waals surface area contributed by atoms with Crippen molar-refractivity contribution >= 4 is 37.5 Å². The molecule has 0 aliphatic carbocycles. The van der Waals surface area contributed by atoms with E-state index >= 15 is 0 Å². The number of nitrogens with zero attached hydrogens (tertiary/aromatic N) is 2. The lowest BCUT2D eigenvalue weighted by atomic mass is 9.96. The zero-order chi connectivity index (χ0) is 40.2. The zero-order valence-electron chi connectivity index (χ0n) is 30.5. The number of carbonyl (C=O) groups is 4. The first-order chi connectivity index (χ1) is 25.3. The van der Waals surface area contributed by atoms with Crippen LogP contribution in [0.3, 0.4) is 0 Å². The summed E-state index contributed by atoms with van der Waals surface area (Å²) >= 11 is 0. The van der Waals surface area contributed by atoms with Gasteiger partial charge in [-0.05, 0) is 62.7 Å². The van der Waals surface area contributed by atoms with Crippen LogP contribution >= 0.6 is 7.82 Å². The van der Waals surface area contributed by atoms with E-state index in [-0.39, 0.29) is 30.7 Å². The molecule has 0 bridgehead atoms. The number of phosphoric acid groups is 1. The number of ether oxygens (including phenoxy) is 1. The molecule has 3 rings (SSSR count). The van der Waals surface area contributed by atoms with Gasteiger partial charge < -0.3 is 50.6 Å². The molecule has 1 aromatic carbocycles. The monoisotopic (exact) mass is 783 g/mol. The maximum absolute atomic E-state index is 14.1. The van der Waals surface area contributed by atoms with Gasteiger partial charge in [0.05, 0.1) is 19.4 Å². The Labute approximate surface area is 311 Å². The summed E-state index contributed by atoms with van der Waals surface area (Å²) in [5.41, 5.74) is 3.49. The highest BCUT2D eigenvalue weighted by Crippen LogP contribution is 2.51. The maximum Gasteiger partial charge on any atom is 0.592 e. The number of aromatic nitrogens is 2. The van der Waals surface area contributed by atoms with Gasteiger partial charge in [0.15, 0.2) is 6.23 Å². The number of phosphoric ester groups is 1. The Kier molecular flexibility index (Phi) is 16.3. The topological polar surface area (TPSA) is 288 Å². The molecule has 0 radical (unpaired) electrons. The largest absolute Gasteiger partial charge is 0.592 e. The lowest BCUT2D eigenvalue weighted by Crippen LogP contribution is -2.46. The van der Waals surface area contributed by atoms with Gasteiger partial charge in [0.1, 0.15) is 35.7 Å². The van der Waals surface area contributed by atoms with Crippen molar-refractivity contribution in [1.29, 1.82) is 0 Å². The van der Waals surface area contributed by atoms with Crippen molar-refractivity contribution < 1.29 is 62.5 Å². The van der Waals surface area contributed by atoms with Crippen LogP contribution < -0.4 is 22.1 Å². The van der Waals surface area contributed by atoms with Crippen LogP contribution in [0.15, 0.2) is 47.4 Å². The number of anilines is 1. The molecule has 2 unspecified atom stereocenters. The molecule has 1 saturated heterocycles. The van der Waals surface area contributed by atoms with Crippen molar-refractivity contribution in [1.82, 2.24) is 20.2 Å². The summed E-state index contributed by atoms with van der Waals surface area (Å²) in [6.07, 6.45) is -3.82. The second-order valence-corrected chi connectivity index (χ2v) is 15.3. The number of hydrogen-bond donors (Lipinski definition) is 7. The average molecular weight is 784 g/mol. The summed E-state index contributed by atoms with van der Waals surface area (Å²) < 4.78 is 36.1. The number of aliphatic hydroxyl groups excluding tert-OH is 1. The normalized spacial score (nSPS) is 22.5. The number of nitrogens with one attached hydrogen (secondary N) is 2. The number of nitrogens with two attached hydrogens (primary N) is 1. The van der Waals surface area contributed by atoms with E-state index in [4.69, 9.17) is 24.0 Å². The Morgan fingerprint density at radius 3 is 2.06 bits per heavy atom. The average Bonchev–Trinajstić information content (AvgIpc) is 3.29. The van der Waals surface area contributed by atoms with E-state index in [0.717, 1.165) is 23.3 Å². The molecule has 8 atom stereocenters. The van der Waals surface area contributed by atoms with Crippen LogP contribution in [0.25, 0.3) is 0 Å². The number of aliphatic carboxylic acids is 2. The van der Waals surface area contributed by atoms with Gasteiger partial charge in [-0.15, -0.1) is 0 Å². The number of benzene rings is 1. The fourth-order valence-corrected chi connectivity index (χ4v) is 6.73. The van der Waals surface area contributed by atoms with Gasteiger partial charge in [-0.1, -0.05) is 51.1 Å². The number of rotatable bonds is 22. The molecule has 2 aromatic rings. The maximum atomic E-state index is 14.1. The van der Waals surface area contributed by atoms with E-state index < -0.39 is 93.0 Å². The second kappa shape index (κ2) is 19.9. The molecular weight excluding hydrogens is 733 g/mol. The Morgan fingerprint density at radius 1 is 0.981 bits per heavy atom. The van der Waals surface area contributed by atoms with Crippen LogP contribution in [-0.4, -0.2) is 103 Å². The number of hydrogen-bond acceptors (Lipinski definition) is 16. The summed E-state index contributed by atoms with van der Waals surface area (Å²) in [4.78, 5) is 66.1. The van der Waals surface area contributed by atoms with E-state index in [2.05, 4.69) is 15.6 Å². The number of carbonyl (C=O) groups excluding carboxylic acids is 2. The van der Waals surface area contributed by atoms with Crippen molar-refractivity contribution in [2.75, 3.05) is 25.4 Å². The summed E-state index contributed by atoms with van der Waals surface area (Å²) in [6.45, 7) is 6.17. The molecule has 1 fully saturated rings. The molecule has 20 heteroatoms. The predicted octanol–water partition coefficient (Wildman–Crippen LogP) is 1.23. The Bertz CT molecular complexity index is 1690. The molecule has 1 aliphatic rings. The van der Waals surface area contributed by atoms with Crippen LogP contribution in [0.5, 0.6) is 0 Å². The van der Waals surface area contributed by atoms with E-state index in [1.54, 1.807) is 0 Å². The molecule has 54 heavy (non-hydrogen) atoms. The first kappa shape index (κ1) is 44.2. The SMILES string of the molecule is CC(C)CCN[C@@H](CC(=O)O)C(=O)OP(=O)(OC[C@H]1O[C@@H](n2ccc(N)nc2=O)[C@](C)(O)[C@@H]1O)OC(=O)[C@H](CC(=O)O)NCCC(C)Cc1ccccc1. The van der Waals surface area contributed by atoms with E-state index in [9.17, 15) is 49.0 Å². The van der Waals surface area contributed by atoms with Crippen molar-refractivity contribution in [2.24, 2.45) is 11.8 Å². The van der Waals surface area contributed by atoms with E-state index in [1.807, 2.05) is 51.1 Å². The van der Waals surface area contributed by atoms with Crippen LogP contribution in [0.1, 0.15) is 65.2 Å². The number of carboxylic acid groups (broad SMARTS) is 2. The third-order valence-corrected chi connectivity index (χ3v) is 9.83. The fraction of sp³-hybridized carbons (Fsp3) is 0.588. The first-order valence-electron chi connectivity index (χ1n) is 17.4. The van der Waals surface area contributed by atoms with Crippen molar-refractivity contribution in [2.45, 2.75) is 95.9 Å². The van der Waals surface area contributed by atoms with Gasteiger partial charge in [-0.3, -0.25) is 18.7 Å². The van der Waals surface area contributed by atoms with Gasteiger partial charge in [-0.25, -0.2) is 18.9 Å². The highest BCUT2D eigenvalue weighted by molar-refractivity contribution is 7.49. The molecule has 1 aromatic heterocycles. The molecule has 0 amide bonds. The molecule has 0 saturated carbocycles. The van der Waals surface area contributed by atoms with Crippen molar-refractivity contribution in [3.63, 3.8) is 0 Å². The minimum atomic E-state index is -5.44. The minimum Gasteiger partial charge on any atom is -0.481 e. The molecule has 0 spiro atoms. The third kappa shape index (κ3) is 13.3. The van der Waals surface area contributed by atoms with Crippen molar-refractivity contribution in [3.8, 4) is 0 Å². The molecule has 8 N–H and O–H groups in total. The lowest BCUT2D eigenvalue weighted by Gasteiger charge is -2.27. The summed E-state index contributed by atoms with van der Waals surface area (Å²) in [5, 5.41) is 46.5. The smallest absolute Gasteiger partial charge is 0.481 e. The second-order valence-electron chi connectivity index (χ2n) is 13.8. The van der Waals surface area contributed by atoms with Gasteiger partial charge in [0, 0.05) is 6.20 Å². The summed E-state index contributed by atoms with van der Waals surface area (Å²) in [6, 6.07) is 7.65. The van der Waals surface area contributed by atoms with Gasteiger partial charge in [0.25, 0.3) is 0 Å². The molecule has 300 valence electrons. The highest BCUT2D eigenvalue weighted by Gasteiger charge is 2.54. The van der Waals surface area contributed by atoms with Crippen LogP contribution in [0.2, 0.25) is 0 Å². The van der Waals surface area contributed by atoms with E-state index in [1.165, 1.54) is 6.07 Å². The van der Waals surface area contributed by atoms with E-state index in [0.29, 0.717) is 19.3 Å². The van der Waals surface area contributed by atoms with Crippen molar-refractivity contribution in [3.05, 3.63) is 58.6 Å². The fourth-order valence-electron chi connectivity index (χ4n) is 5.56. The first-order valence-corrected chi connectivity index (χ1v) is 18.8. The number of carboxylic acids is 2. The Morgan fingerprint density at radius 2 is 1.54 bits per heavy atom. The Hall–Kier alpha value is -4.23. The molecule has 1 aliphatic heterocycles. The lowest BCUT2D eigenvalue weighted by molar-refractivity contribution is -0.149. The van der Waals surface area contributed by atoms with Gasteiger partial charge >= 0.3 is 37.4 Å². The summed E-state index contributed by atoms with van der Waals surface area (Å²) in [7, 11) is -5.44. The molecular formula is C34H50N5O14P. The summed E-state index contributed by atoms with van der Waals surface area (Å²) in [5.74, 6) is -5.59. The quantitative estimate of drug-likeness (QED) is 0.0826. The van der Waals surface area contributed by atoms with Crippen LogP contribution in [0, 0.1) is 11.8 Å². The minimum absolute atomic E-state index is 0.102. The number of aliphatic hydroxyl groups is 2. The molecule has 2 heterocycles. The zero-order valence-corrected chi connectivity index (χ0v) is 31.4. The number of nitrogen functional groups attached to an aromatic ring is 1. The Balaban J connectivity index is 1.83. The van der Waals surface area contributed by atoms with Gasteiger partial charge in [-0.2, -0.15) is 4.98 Å². The third-order valence-electron chi connectivity index (χ3n) is 8.55. The van der Waals surface area contributed by atoms with Crippen LogP contribution in [-0.2, 0) is 48.5 Å². The van der Waals surface area contributed by atoms with Gasteiger partial charge in [0.2, 0.25) is 0 Å². The van der Waals surface area contributed by atoms with Crippen LogP contribution in [0.4, 0.5) is 5.82 Å². The molecule has 19 nitrogen and oxygen atoms in total. The predicted molar refractivity (Wildman–Crippen MR) is 191 cm³/mol. The standard InChI is InChI=1S/C34H50N5O14P/c1-20(2)10-13-36-23(17-27(40)41)30(45)52-54(49,50-19-25-29(44)34(4,48)32(51-25)39-15-12-26(35)38-33(39)47)53-31(46)24(18-28(42)43)37-14-11-21(3)16-22-8-6-5-7-9-22/h5-9,12,15,20-21,23-25,29,32,36-37,44,48H,10-11,13-14,16-19H2,1-4H3,(H,40,41)(H,42,43)(H2,35,38,47)/t21?,23-,24-,25+,29+,32+,34+,54?/m0/s1.